The van der Waals surface area contributed by atoms with Gasteiger partial charge in [0.15, 0.2) is 0 Å². The van der Waals surface area contributed by atoms with Crippen LogP contribution in [0.1, 0.15) is 42.5 Å². The van der Waals surface area contributed by atoms with Crippen molar-refractivity contribution >= 4 is 33.2 Å². The summed E-state index contributed by atoms with van der Waals surface area (Å²) >= 11 is 4.87. The molecule has 4 nitrogen and oxygen atoms in total. The average molecular weight is 361 g/mol. The molecule has 1 aliphatic carbocycles. The van der Waals surface area contributed by atoms with Crippen LogP contribution in [0.25, 0.3) is 0 Å². The molecular weight excluding hydrogens is 340 g/mol. The lowest BCUT2D eigenvalue weighted by Gasteiger charge is -2.26. The Morgan fingerprint density at radius 3 is 2.85 bits per heavy atom. The molecule has 1 aromatic heterocycles. The molecule has 1 amide bonds. The molecule has 0 atom stereocenters. The highest BCUT2D eigenvalue weighted by Crippen LogP contribution is 2.21. The molecule has 0 spiro atoms. The number of nitrogens with two attached hydrogens (primary N) is 1. The maximum Gasteiger partial charge on any atom is 0.252 e. The summed E-state index contributed by atoms with van der Waals surface area (Å²) < 4.78 is 6.78. The highest BCUT2D eigenvalue weighted by Gasteiger charge is 2.18. The van der Waals surface area contributed by atoms with Gasteiger partial charge in [-0.1, -0.05) is 0 Å². The molecule has 1 aromatic rings. The number of carbonyl (C=O) groups is 1. The lowest BCUT2D eigenvalue weighted by Crippen LogP contribution is -2.31. The fourth-order valence-corrected chi connectivity index (χ4v) is 3.45. The normalized spacial score (nSPS) is 22.7. The Morgan fingerprint density at radius 2 is 2.20 bits per heavy atom. The molecular formula is C14H21BrN2O2S. The predicted octanol–water partition coefficient (Wildman–Crippen LogP) is 2.92. The number of hydrogen-bond donors (Lipinski definition) is 2. The molecule has 0 bridgehead atoms. The maximum atomic E-state index is 11.8. The molecule has 6 heteroatoms. The van der Waals surface area contributed by atoms with E-state index < -0.39 is 0 Å². The van der Waals surface area contributed by atoms with Crippen molar-refractivity contribution in [1.29, 1.82) is 0 Å². The zero-order valence-electron chi connectivity index (χ0n) is 11.4. The van der Waals surface area contributed by atoms with Crippen molar-refractivity contribution in [2.75, 3.05) is 13.2 Å². The summed E-state index contributed by atoms with van der Waals surface area (Å²) in [6.07, 6.45) is 5.47. The zero-order chi connectivity index (χ0) is 14.4. The molecule has 1 saturated carbocycles. The third-order valence-electron chi connectivity index (χ3n) is 3.51. The Kier molecular flexibility index (Phi) is 6.48. The third-order valence-corrected chi connectivity index (χ3v) is 5.01. The lowest BCUT2D eigenvalue weighted by molar-refractivity contribution is 0.0241. The molecule has 0 saturated heterocycles. The molecule has 0 unspecified atom stereocenters. The van der Waals surface area contributed by atoms with Gasteiger partial charge < -0.3 is 15.8 Å². The van der Waals surface area contributed by atoms with E-state index in [9.17, 15) is 4.79 Å². The minimum absolute atomic E-state index is 0.0180. The van der Waals surface area contributed by atoms with Crippen molar-refractivity contribution in [2.45, 2.75) is 44.2 Å². The van der Waals surface area contributed by atoms with E-state index in [1.165, 1.54) is 11.3 Å². The van der Waals surface area contributed by atoms with Crippen LogP contribution < -0.4 is 11.1 Å². The van der Waals surface area contributed by atoms with Crippen molar-refractivity contribution < 1.29 is 9.53 Å². The van der Waals surface area contributed by atoms with E-state index in [-0.39, 0.29) is 5.91 Å². The van der Waals surface area contributed by atoms with E-state index in [2.05, 4.69) is 21.2 Å². The lowest BCUT2D eigenvalue weighted by atomic mass is 9.94. The van der Waals surface area contributed by atoms with Gasteiger partial charge in [-0.25, -0.2) is 0 Å². The Balaban J connectivity index is 1.54. The summed E-state index contributed by atoms with van der Waals surface area (Å²) in [5.41, 5.74) is 6.57. The third kappa shape index (κ3) is 5.16. The van der Waals surface area contributed by atoms with Gasteiger partial charge in [0, 0.05) is 24.6 Å². The largest absolute Gasteiger partial charge is 0.378 e. The molecule has 1 aliphatic rings. The summed E-state index contributed by atoms with van der Waals surface area (Å²) in [5, 5.41) is 4.75. The van der Waals surface area contributed by atoms with Crippen LogP contribution >= 0.6 is 27.3 Å². The van der Waals surface area contributed by atoms with Crippen molar-refractivity contribution in [2.24, 2.45) is 5.73 Å². The van der Waals surface area contributed by atoms with Crippen molar-refractivity contribution in [3.8, 4) is 0 Å². The number of amides is 1. The van der Waals surface area contributed by atoms with E-state index in [1.54, 1.807) is 0 Å². The smallest absolute Gasteiger partial charge is 0.252 e. The Hall–Kier alpha value is -0.430. The first-order valence-electron chi connectivity index (χ1n) is 7.04. The van der Waals surface area contributed by atoms with Gasteiger partial charge in [0.05, 0.1) is 15.5 Å². The van der Waals surface area contributed by atoms with Gasteiger partial charge in [-0.2, -0.15) is 0 Å². The topological polar surface area (TPSA) is 64.3 Å². The molecule has 0 aliphatic heterocycles. The maximum absolute atomic E-state index is 11.8. The number of thiophene rings is 1. The second-order valence-electron chi connectivity index (χ2n) is 5.16. The summed E-state index contributed by atoms with van der Waals surface area (Å²) in [6, 6.07) is 2.20. The second kappa shape index (κ2) is 8.12. The van der Waals surface area contributed by atoms with Crippen LogP contribution in [0.4, 0.5) is 0 Å². The van der Waals surface area contributed by atoms with E-state index in [0.29, 0.717) is 30.9 Å². The quantitative estimate of drug-likeness (QED) is 0.766. The first kappa shape index (κ1) is 15.9. The van der Waals surface area contributed by atoms with Crippen LogP contribution in [-0.4, -0.2) is 31.2 Å². The highest BCUT2D eigenvalue weighted by atomic mass is 79.9. The fourth-order valence-electron chi connectivity index (χ4n) is 2.31. The fraction of sp³-hybridized carbons (Fsp3) is 0.643. The molecule has 2 rings (SSSR count). The monoisotopic (exact) mass is 360 g/mol. The number of rotatable bonds is 6. The summed E-state index contributed by atoms with van der Waals surface area (Å²) in [6.45, 7) is 1.35. The van der Waals surface area contributed by atoms with Gasteiger partial charge in [-0.05, 0) is 54.1 Å². The predicted molar refractivity (Wildman–Crippen MR) is 85.2 cm³/mol. The van der Waals surface area contributed by atoms with Crippen LogP contribution in [0.15, 0.2) is 15.2 Å². The standard InChI is InChI=1S/C14H21BrN2O2S/c15-13-8-10(9-20-13)14(18)17-6-1-7-19-12-4-2-11(16)3-5-12/h8-9,11-12H,1-7,16H2,(H,17,18). The molecule has 20 heavy (non-hydrogen) atoms. The van der Waals surface area contributed by atoms with Crippen LogP contribution in [-0.2, 0) is 4.74 Å². The van der Waals surface area contributed by atoms with Gasteiger partial charge in [0.1, 0.15) is 0 Å². The summed E-state index contributed by atoms with van der Waals surface area (Å²) in [5.74, 6) is -0.0180. The second-order valence-corrected chi connectivity index (χ2v) is 7.45. The number of hydrogen-bond acceptors (Lipinski definition) is 4. The van der Waals surface area contributed by atoms with E-state index >= 15 is 0 Å². The zero-order valence-corrected chi connectivity index (χ0v) is 13.8. The molecule has 112 valence electrons. The average Bonchev–Trinajstić information content (AvgIpc) is 2.87. The molecule has 0 radical (unpaired) electrons. The van der Waals surface area contributed by atoms with Gasteiger partial charge in [0.2, 0.25) is 0 Å². The Morgan fingerprint density at radius 1 is 1.45 bits per heavy atom. The number of nitrogens with one attached hydrogen (secondary N) is 1. The molecule has 3 N–H and O–H groups in total. The number of halogens is 1. The molecule has 1 fully saturated rings. The van der Waals surface area contributed by atoms with E-state index in [4.69, 9.17) is 10.5 Å². The van der Waals surface area contributed by atoms with Gasteiger partial charge in [0.25, 0.3) is 5.91 Å². The van der Waals surface area contributed by atoms with Crippen molar-refractivity contribution in [1.82, 2.24) is 5.32 Å². The van der Waals surface area contributed by atoms with Crippen LogP contribution in [0.2, 0.25) is 0 Å². The first-order valence-corrected chi connectivity index (χ1v) is 8.72. The summed E-state index contributed by atoms with van der Waals surface area (Å²) in [7, 11) is 0. The van der Waals surface area contributed by atoms with Crippen molar-refractivity contribution in [3.05, 3.63) is 20.8 Å². The number of ether oxygens (including phenoxy) is 1. The number of carbonyl (C=O) groups excluding carboxylic acids is 1. The minimum Gasteiger partial charge on any atom is -0.378 e. The van der Waals surface area contributed by atoms with Crippen LogP contribution in [0.3, 0.4) is 0 Å². The van der Waals surface area contributed by atoms with Gasteiger partial charge >= 0.3 is 0 Å². The molecule has 0 aromatic carbocycles. The molecule has 1 heterocycles. The minimum atomic E-state index is -0.0180. The van der Waals surface area contributed by atoms with Gasteiger partial charge in [-0.3, -0.25) is 4.79 Å². The summed E-state index contributed by atoms with van der Waals surface area (Å²) in [4.78, 5) is 11.8. The van der Waals surface area contributed by atoms with Crippen LogP contribution in [0.5, 0.6) is 0 Å². The SMILES string of the molecule is NC1CCC(OCCCNC(=O)c2csc(Br)c2)CC1. The van der Waals surface area contributed by atoms with E-state index in [1.807, 2.05) is 11.4 Å². The Bertz CT molecular complexity index is 431. The van der Waals surface area contributed by atoms with Gasteiger partial charge in [-0.15, -0.1) is 11.3 Å². The Labute approximate surface area is 132 Å². The van der Waals surface area contributed by atoms with Crippen molar-refractivity contribution in [3.63, 3.8) is 0 Å². The van der Waals surface area contributed by atoms with E-state index in [0.717, 1.165) is 35.9 Å². The van der Waals surface area contributed by atoms with Crippen LogP contribution in [0, 0.1) is 0 Å². The highest BCUT2D eigenvalue weighted by molar-refractivity contribution is 9.11. The first-order chi connectivity index (χ1) is 9.65.